The van der Waals surface area contributed by atoms with E-state index in [1.165, 1.54) is 18.4 Å². The predicted octanol–water partition coefficient (Wildman–Crippen LogP) is 3.84. The van der Waals surface area contributed by atoms with Gasteiger partial charge in [0, 0.05) is 6.42 Å². The van der Waals surface area contributed by atoms with Gasteiger partial charge in [-0.05, 0) is 29.8 Å². The van der Waals surface area contributed by atoms with Crippen molar-refractivity contribution < 1.29 is 22.7 Å². The lowest BCUT2D eigenvalue weighted by atomic mass is 10.1. The van der Waals surface area contributed by atoms with Crippen molar-refractivity contribution in [1.29, 1.82) is 0 Å². The second-order valence-electron chi connectivity index (χ2n) is 6.72. The molecule has 0 fully saturated rings. The predicted molar refractivity (Wildman–Crippen MR) is 114 cm³/mol. The molecule has 1 aliphatic rings. The van der Waals surface area contributed by atoms with Gasteiger partial charge in [0.1, 0.15) is 5.75 Å². The molecule has 0 amide bonds. The van der Waals surface area contributed by atoms with E-state index in [9.17, 15) is 13.2 Å². The van der Waals surface area contributed by atoms with Gasteiger partial charge in [-0.1, -0.05) is 23.7 Å². The number of carbonyl (C=O) groups is 1. The molecular weight excluding hydrogens is 448 g/mol. The first-order chi connectivity index (χ1) is 14.3. The van der Waals surface area contributed by atoms with Gasteiger partial charge in [0.15, 0.2) is 15.7 Å². The minimum absolute atomic E-state index is 0.0450. The van der Waals surface area contributed by atoms with Gasteiger partial charge in [0.25, 0.3) is 0 Å². The van der Waals surface area contributed by atoms with Crippen LogP contribution in [0.3, 0.4) is 0 Å². The van der Waals surface area contributed by atoms with Gasteiger partial charge in [-0.2, -0.15) is 4.98 Å². The maximum atomic E-state index is 12.2. The summed E-state index contributed by atoms with van der Waals surface area (Å²) < 4.78 is 35.6. The van der Waals surface area contributed by atoms with Crippen LogP contribution in [-0.2, 0) is 38.0 Å². The highest BCUT2D eigenvalue weighted by molar-refractivity contribution is 7.90. The minimum Gasteiger partial charge on any atom is -0.469 e. The number of thiophene rings is 1. The molecule has 3 aromatic rings. The number of ether oxygens (including phenoxy) is 2. The topological polar surface area (TPSA) is 95.4 Å². The van der Waals surface area contributed by atoms with E-state index in [1.807, 2.05) is 6.07 Å². The molecule has 0 N–H and O–H groups in total. The highest BCUT2D eigenvalue weighted by Gasteiger charge is 2.28. The van der Waals surface area contributed by atoms with Crippen LogP contribution in [-0.4, -0.2) is 37.2 Å². The number of rotatable bonds is 5. The molecular formula is C20H17ClN2O5S2. The van der Waals surface area contributed by atoms with Crippen LogP contribution in [0.2, 0.25) is 4.34 Å². The zero-order valence-electron chi connectivity index (χ0n) is 15.9. The Morgan fingerprint density at radius 2 is 1.93 bits per heavy atom. The van der Waals surface area contributed by atoms with Gasteiger partial charge in [-0.25, -0.2) is 13.4 Å². The number of sulfone groups is 1. The number of nitrogens with zero attached hydrogens (tertiary/aromatic N) is 2. The Kier molecular flexibility index (Phi) is 5.77. The SMILES string of the molecule is COC(=O)Cc1ccc(Oc2nc(-c3ccc(Cl)s3)nc3c2CS(=O)(=O)CC3)cc1. The second-order valence-corrected chi connectivity index (χ2v) is 10.6. The third kappa shape index (κ3) is 4.63. The van der Waals surface area contributed by atoms with Gasteiger partial charge in [-0.3, -0.25) is 4.79 Å². The number of aromatic nitrogens is 2. The van der Waals surface area contributed by atoms with Crippen molar-refractivity contribution >= 4 is 38.7 Å². The van der Waals surface area contributed by atoms with Crippen LogP contribution >= 0.6 is 22.9 Å². The number of fused-ring (bicyclic) bond motifs is 1. The molecule has 156 valence electrons. The van der Waals surface area contributed by atoms with Crippen LogP contribution in [0, 0.1) is 0 Å². The first kappa shape index (κ1) is 20.8. The molecule has 0 aliphatic carbocycles. The quantitative estimate of drug-likeness (QED) is 0.529. The van der Waals surface area contributed by atoms with Crippen LogP contribution < -0.4 is 4.74 Å². The number of benzene rings is 1. The van der Waals surface area contributed by atoms with E-state index in [4.69, 9.17) is 16.3 Å². The minimum atomic E-state index is -3.24. The molecule has 1 aliphatic heterocycles. The lowest BCUT2D eigenvalue weighted by Gasteiger charge is -2.19. The highest BCUT2D eigenvalue weighted by Crippen LogP contribution is 2.35. The van der Waals surface area contributed by atoms with E-state index in [0.717, 1.165) is 10.4 Å². The number of esters is 1. The Balaban J connectivity index is 1.69. The maximum Gasteiger partial charge on any atom is 0.309 e. The Morgan fingerprint density at radius 1 is 1.17 bits per heavy atom. The van der Waals surface area contributed by atoms with Crippen molar-refractivity contribution in [1.82, 2.24) is 9.97 Å². The number of hydrogen-bond acceptors (Lipinski definition) is 8. The van der Waals surface area contributed by atoms with Crippen LogP contribution in [0.1, 0.15) is 16.8 Å². The van der Waals surface area contributed by atoms with Gasteiger partial charge >= 0.3 is 5.97 Å². The molecule has 0 saturated heterocycles. The van der Waals surface area contributed by atoms with E-state index < -0.39 is 9.84 Å². The van der Waals surface area contributed by atoms with E-state index in [-0.39, 0.29) is 29.8 Å². The summed E-state index contributed by atoms with van der Waals surface area (Å²) in [6.07, 6.45) is 0.460. The van der Waals surface area contributed by atoms with E-state index >= 15 is 0 Å². The molecule has 7 nitrogen and oxygen atoms in total. The summed E-state index contributed by atoms with van der Waals surface area (Å²) in [5.41, 5.74) is 1.92. The van der Waals surface area contributed by atoms with Gasteiger partial charge < -0.3 is 9.47 Å². The molecule has 3 heterocycles. The van der Waals surface area contributed by atoms with Crippen LogP contribution in [0.4, 0.5) is 0 Å². The number of methoxy groups -OCH3 is 1. The number of hydrogen-bond donors (Lipinski definition) is 0. The highest BCUT2D eigenvalue weighted by atomic mass is 35.5. The molecule has 4 rings (SSSR count). The number of carbonyl (C=O) groups excluding carboxylic acids is 1. The average Bonchev–Trinajstić information content (AvgIpc) is 3.15. The summed E-state index contributed by atoms with van der Waals surface area (Å²) in [5, 5.41) is 0. The van der Waals surface area contributed by atoms with Crippen LogP contribution in [0.15, 0.2) is 36.4 Å². The molecule has 0 atom stereocenters. The Labute approximate surface area is 182 Å². The first-order valence-electron chi connectivity index (χ1n) is 9.02. The first-order valence-corrected chi connectivity index (χ1v) is 12.0. The molecule has 0 radical (unpaired) electrons. The fraction of sp³-hybridized carbons (Fsp3) is 0.250. The molecule has 0 unspecified atom stereocenters. The summed E-state index contributed by atoms with van der Waals surface area (Å²) in [6, 6.07) is 10.5. The number of halogens is 1. The van der Waals surface area contributed by atoms with Crippen molar-refractivity contribution in [3.05, 3.63) is 57.6 Å². The molecule has 0 spiro atoms. The fourth-order valence-electron chi connectivity index (χ4n) is 3.06. The summed E-state index contributed by atoms with van der Waals surface area (Å²) in [5.74, 6) is 0.679. The lowest BCUT2D eigenvalue weighted by Crippen LogP contribution is -2.21. The standard InChI is InChI=1S/C20H17ClN2O5S2/c1-27-18(24)10-12-2-4-13(5-3-12)28-20-14-11-30(25,26)9-8-15(14)22-19(23-20)16-6-7-17(21)29-16/h2-7H,8-11H2,1H3. The molecule has 30 heavy (non-hydrogen) atoms. The molecule has 2 aromatic heterocycles. The smallest absolute Gasteiger partial charge is 0.309 e. The summed E-state index contributed by atoms with van der Waals surface area (Å²) in [7, 11) is -1.90. The Hall–Kier alpha value is -2.49. The van der Waals surface area contributed by atoms with Crippen molar-refractivity contribution in [2.24, 2.45) is 0 Å². The summed E-state index contributed by atoms with van der Waals surface area (Å²) >= 11 is 7.38. The van der Waals surface area contributed by atoms with Crippen molar-refractivity contribution in [2.45, 2.75) is 18.6 Å². The van der Waals surface area contributed by atoms with E-state index in [2.05, 4.69) is 14.7 Å². The van der Waals surface area contributed by atoms with E-state index in [1.54, 1.807) is 30.3 Å². The molecule has 1 aromatic carbocycles. The van der Waals surface area contributed by atoms with E-state index in [0.29, 0.717) is 33.6 Å². The summed E-state index contributed by atoms with van der Waals surface area (Å²) in [6.45, 7) is 0. The third-order valence-corrected chi connectivity index (χ3v) is 7.36. The largest absolute Gasteiger partial charge is 0.469 e. The van der Waals surface area contributed by atoms with Crippen molar-refractivity contribution in [3.63, 3.8) is 0 Å². The van der Waals surface area contributed by atoms with Gasteiger partial charge in [0.05, 0.1) is 45.5 Å². The average molecular weight is 465 g/mol. The zero-order chi connectivity index (χ0) is 21.3. The molecule has 0 bridgehead atoms. The normalized spacial score (nSPS) is 14.7. The van der Waals surface area contributed by atoms with Gasteiger partial charge in [0.2, 0.25) is 5.88 Å². The van der Waals surface area contributed by atoms with Gasteiger partial charge in [-0.15, -0.1) is 11.3 Å². The summed E-state index contributed by atoms with van der Waals surface area (Å²) in [4.78, 5) is 21.2. The van der Waals surface area contributed by atoms with Crippen molar-refractivity contribution in [3.8, 4) is 22.3 Å². The van der Waals surface area contributed by atoms with Crippen molar-refractivity contribution in [2.75, 3.05) is 12.9 Å². The monoisotopic (exact) mass is 464 g/mol. The molecule has 10 heteroatoms. The second kappa shape index (κ2) is 8.33. The third-order valence-electron chi connectivity index (χ3n) is 4.58. The van der Waals surface area contributed by atoms with Crippen LogP contribution in [0.25, 0.3) is 10.7 Å². The number of aryl methyl sites for hydroxylation is 1. The lowest BCUT2D eigenvalue weighted by molar-refractivity contribution is -0.139. The Morgan fingerprint density at radius 3 is 2.60 bits per heavy atom. The fourth-order valence-corrected chi connectivity index (χ4v) is 5.41. The zero-order valence-corrected chi connectivity index (χ0v) is 18.3. The maximum absolute atomic E-state index is 12.2. The molecule has 0 saturated carbocycles. The Bertz CT molecular complexity index is 1210. The van der Waals surface area contributed by atoms with Crippen LogP contribution in [0.5, 0.6) is 11.6 Å².